The Morgan fingerprint density at radius 3 is 2.50 bits per heavy atom. The molecule has 3 aromatic rings. The number of rotatable bonds is 8. The number of aryl methyl sites for hydroxylation is 1. The Kier molecular flexibility index (Phi) is 9.37. The van der Waals surface area contributed by atoms with Gasteiger partial charge in [0.15, 0.2) is 0 Å². The second-order valence-electron chi connectivity index (χ2n) is 11.0. The highest BCUT2D eigenvalue weighted by Gasteiger charge is 2.25. The maximum Gasteiger partial charge on any atom is 0.335 e. The van der Waals surface area contributed by atoms with Crippen molar-refractivity contribution in [2.45, 2.75) is 31.8 Å². The predicted octanol–water partition coefficient (Wildman–Crippen LogP) is 7.08. The first-order valence-electron chi connectivity index (χ1n) is 14.1. The number of ether oxygens (including phenoxy) is 1. The molecule has 0 unspecified atom stereocenters. The van der Waals surface area contributed by atoms with Crippen LogP contribution in [0.25, 0.3) is 11.1 Å². The lowest BCUT2D eigenvalue weighted by molar-refractivity contribution is -0.123. The van der Waals surface area contributed by atoms with Crippen LogP contribution in [0, 0.1) is 0 Å². The maximum atomic E-state index is 11.8. The zero-order valence-electron chi connectivity index (χ0n) is 23.8. The lowest BCUT2D eigenvalue weighted by Gasteiger charge is -2.19. The number of amides is 1. The highest BCUT2D eigenvalue weighted by Crippen LogP contribution is 2.42. The first-order valence-corrected chi connectivity index (χ1v) is 14.9. The van der Waals surface area contributed by atoms with Crippen molar-refractivity contribution in [2.75, 3.05) is 33.7 Å². The topological polar surface area (TPSA) is 70.1 Å². The number of halogens is 2. The molecule has 0 spiro atoms. The number of allylic oxidation sites excluding steroid dienone is 1. The summed E-state index contributed by atoms with van der Waals surface area (Å²) in [5.74, 6) is -0.151. The summed E-state index contributed by atoms with van der Waals surface area (Å²) in [6.07, 6.45) is 6.94. The summed E-state index contributed by atoms with van der Waals surface area (Å²) < 4.78 is 6.34. The fraction of sp³-hybridized carbons (Fsp3) is 0.294. The number of carboxylic acid groups (broad SMARTS) is 1. The molecule has 42 heavy (non-hydrogen) atoms. The van der Waals surface area contributed by atoms with Gasteiger partial charge in [-0.2, -0.15) is 0 Å². The number of hydrogen-bond donors (Lipinski definition) is 1. The van der Waals surface area contributed by atoms with E-state index >= 15 is 0 Å². The van der Waals surface area contributed by atoms with Gasteiger partial charge >= 0.3 is 5.97 Å². The van der Waals surface area contributed by atoms with Crippen molar-refractivity contribution in [1.82, 2.24) is 9.80 Å². The molecule has 0 aromatic heterocycles. The van der Waals surface area contributed by atoms with E-state index in [1.54, 1.807) is 43.3 Å². The molecule has 1 N–H and O–H groups in total. The van der Waals surface area contributed by atoms with E-state index in [4.69, 9.17) is 27.9 Å². The summed E-state index contributed by atoms with van der Waals surface area (Å²) in [7, 11) is 3.48. The summed E-state index contributed by atoms with van der Waals surface area (Å²) in [6, 6.07) is 19.1. The van der Waals surface area contributed by atoms with Crippen LogP contribution >= 0.6 is 23.2 Å². The van der Waals surface area contributed by atoms with E-state index in [9.17, 15) is 14.7 Å². The Hall–Kier alpha value is -3.58. The zero-order chi connectivity index (χ0) is 29.8. The van der Waals surface area contributed by atoms with Gasteiger partial charge in [-0.1, -0.05) is 53.5 Å². The quantitative estimate of drug-likeness (QED) is 0.278. The van der Waals surface area contributed by atoms with E-state index in [0.717, 1.165) is 77.9 Å². The second kappa shape index (κ2) is 13.2. The van der Waals surface area contributed by atoms with Crippen molar-refractivity contribution in [1.29, 1.82) is 0 Å². The minimum absolute atomic E-state index is 0.0164. The lowest BCUT2D eigenvalue weighted by Crippen LogP contribution is -2.25. The zero-order valence-corrected chi connectivity index (χ0v) is 25.3. The SMILES string of the molecule is CN(C)C(=O)C=CCN1CC[C@@H](Oc2ccc(C3=C(c4ccc(Cl)cc4Cl)CCCc4cc(C(=O)O)ccc43)cc2)C1. The minimum atomic E-state index is -0.932. The molecule has 1 amide bonds. The minimum Gasteiger partial charge on any atom is -0.489 e. The molecule has 5 rings (SSSR count). The van der Waals surface area contributed by atoms with Crippen LogP contribution in [0.5, 0.6) is 5.75 Å². The Labute approximate surface area is 256 Å². The van der Waals surface area contributed by atoms with E-state index in [0.29, 0.717) is 16.6 Å². The average molecular weight is 606 g/mol. The van der Waals surface area contributed by atoms with Gasteiger partial charge in [-0.25, -0.2) is 4.79 Å². The van der Waals surface area contributed by atoms with E-state index in [1.165, 1.54) is 0 Å². The molecule has 1 aliphatic heterocycles. The molecule has 8 heteroatoms. The summed E-state index contributed by atoms with van der Waals surface area (Å²) in [6.45, 7) is 2.42. The fourth-order valence-electron chi connectivity index (χ4n) is 5.66. The monoisotopic (exact) mass is 604 g/mol. The van der Waals surface area contributed by atoms with Crippen molar-refractivity contribution >= 4 is 46.2 Å². The molecule has 2 aliphatic rings. The second-order valence-corrected chi connectivity index (χ2v) is 11.8. The number of hydrogen-bond acceptors (Lipinski definition) is 4. The van der Waals surface area contributed by atoms with Gasteiger partial charge in [0.1, 0.15) is 11.9 Å². The summed E-state index contributed by atoms with van der Waals surface area (Å²) in [5.41, 5.74) is 6.41. The molecule has 1 saturated heterocycles. The van der Waals surface area contributed by atoms with Crippen LogP contribution in [-0.4, -0.2) is 66.6 Å². The van der Waals surface area contributed by atoms with E-state index in [1.807, 2.05) is 36.4 Å². The molecule has 1 atom stereocenters. The molecular weight excluding hydrogens is 571 g/mol. The lowest BCUT2D eigenvalue weighted by atomic mass is 9.87. The smallest absolute Gasteiger partial charge is 0.335 e. The Bertz CT molecular complexity index is 1550. The number of fused-ring (bicyclic) bond motifs is 1. The van der Waals surface area contributed by atoms with Gasteiger partial charge in [-0.05, 0) is 95.5 Å². The Morgan fingerprint density at radius 2 is 1.79 bits per heavy atom. The standard InChI is InChI=1S/C34H34Cl2N2O4/c1-37(2)32(39)7-4-17-38-18-16-27(21-38)42-26-12-8-22(9-13-26)33-28-14-10-24(34(40)41)19-23(28)5-3-6-30(33)29-15-11-25(35)20-31(29)36/h4,7-15,19-20,27H,3,5-6,16-18,21H2,1-2H3,(H,40,41)/t27-/m1/s1. The van der Waals surface area contributed by atoms with Crippen molar-refractivity contribution in [3.63, 3.8) is 0 Å². The van der Waals surface area contributed by atoms with Crippen molar-refractivity contribution in [3.8, 4) is 5.75 Å². The third-order valence-electron chi connectivity index (χ3n) is 7.79. The van der Waals surface area contributed by atoms with Crippen molar-refractivity contribution in [2.24, 2.45) is 0 Å². The number of likely N-dealkylation sites (tertiary alicyclic amines) is 1. The number of likely N-dealkylation sites (N-methyl/N-ethyl adjacent to an activating group) is 1. The molecule has 1 aliphatic carbocycles. The highest BCUT2D eigenvalue weighted by molar-refractivity contribution is 6.36. The number of carbonyl (C=O) groups is 2. The average Bonchev–Trinajstić information content (AvgIpc) is 3.31. The maximum absolute atomic E-state index is 11.8. The number of benzene rings is 3. The Morgan fingerprint density at radius 1 is 1.02 bits per heavy atom. The van der Waals surface area contributed by atoms with Crippen LogP contribution in [-0.2, 0) is 11.2 Å². The van der Waals surface area contributed by atoms with Crippen LogP contribution in [0.2, 0.25) is 10.0 Å². The normalized spacial score (nSPS) is 17.3. The molecule has 218 valence electrons. The third kappa shape index (κ3) is 6.89. The van der Waals surface area contributed by atoms with Crippen LogP contribution in [0.3, 0.4) is 0 Å². The largest absolute Gasteiger partial charge is 0.489 e. The number of carbonyl (C=O) groups excluding carboxylic acids is 1. The molecule has 6 nitrogen and oxygen atoms in total. The van der Waals surface area contributed by atoms with E-state index in [2.05, 4.69) is 17.0 Å². The van der Waals surface area contributed by atoms with Gasteiger partial charge in [0.05, 0.1) is 5.56 Å². The summed E-state index contributed by atoms with van der Waals surface area (Å²) >= 11 is 12.9. The van der Waals surface area contributed by atoms with Crippen LogP contribution in [0.1, 0.15) is 51.9 Å². The first-order chi connectivity index (χ1) is 20.2. The molecule has 0 saturated carbocycles. The van der Waals surface area contributed by atoms with Gasteiger partial charge in [0, 0.05) is 49.9 Å². The molecular formula is C34H34Cl2N2O4. The van der Waals surface area contributed by atoms with Gasteiger partial charge in [0.2, 0.25) is 5.91 Å². The first kappa shape index (κ1) is 29.9. The number of aromatic carboxylic acids is 1. The Balaban J connectivity index is 1.41. The van der Waals surface area contributed by atoms with Crippen molar-refractivity contribution < 1.29 is 19.4 Å². The number of carboxylic acids is 1. The fourth-order valence-corrected chi connectivity index (χ4v) is 6.18. The molecule has 0 bridgehead atoms. The van der Waals surface area contributed by atoms with Crippen LogP contribution in [0.15, 0.2) is 72.8 Å². The highest BCUT2D eigenvalue weighted by atomic mass is 35.5. The van der Waals surface area contributed by atoms with Gasteiger partial charge in [0.25, 0.3) is 0 Å². The van der Waals surface area contributed by atoms with Crippen molar-refractivity contribution in [3.05, 3.63) is 111 Å². The molecule has 1 fully saturated rings. The summed E-state index contributed by atoms with van der Waals surface area (Å²) in [4.78, 5) is 27.3. The third-order valence-corrected chi connectivity index (χ3v) is 8.34. The van der Waals surface area contributed by atoms with Gasteiger partial charge in [-0.15, -0.1) is 0 Å². The summed E-state index contributed by atoms with van der Waals surface area (Å²) in [5, 5.41) is 10.8. The number of nitrogens with zero attached hydrogens (tertiary/aromatic N) is 2. The van der Waals surface area contributed by atoms with Gasteiger partial charge < -0.3 is 14.7 Å². The van der Waals surface area contributed by atoms with E-state index in [-0.39, 0.29) is 17.6 Å². The molecule has 1 heterocycles. The van der Waals surface area contributed by atoms with Crippen LogP contribution in [0.4, 0.5) is 0 Å². The van der Waals surface area contributed by atoms with E-state index < -0.39 is 5.97 Å². The van der Waals surface area contributed by atoms with Gasteiger partial charge in [-0.3, -0.25) is 9.69 Å². The molecule has 3 aromatic carbocycles. The molecule has 0 radical (unpaired) electrons. The van der Waals surface area contributed by atoms with Crippen LogP contribution < -0.4 is 4.74 Å². The predicted molar refractivity (Wildman–Crippen MR) is 168 cm³/mol.